The molecule has 27 heavy (non-hydrogen) atoms. The molecule has 2 aromatic rings. The molecular weight excluding hydrogens is 344 g/mol. The Labute approximate surface area is 159 Å². The molecule has 1 amide bonds. The molecule has 0 spiro atoms. The summed E-state index contributed by atoms with van der Waals surface area (Å²) in [4.78, 5) is 39.6. The van der Waals surface area contributed by atoms with Crippen LogP contribution >= 0.6 is 0 Å². The predicted molar refractivity (Wildman–Crippen MR) is 104 cm³/mol. The molecule has 0 atom stereocenters. The number of nitrogens with one attached hydrogen (secondary N) is 2. The summed E-state index contributed by atoms with van der Waals surface area (Å²) in [5, 5.41) is 2.70. The summed E-state index contributed by atoms with van der Waals surface area (Å²) in [5.74, 6) is -1.29. The maximum absolute atomic E-state index is 12.3. The number of aryl methyl sites for hydroxylation is 3. The van der Waals surface area contributed by atoms with Crippen LogP contribution < -0.4 is 5.32 Å². The van der Waals surface area contributed by atoms with Crippen molar-refractivity contribution in [2.24, 2.45) is 5.92 Å². The Morgan fingerprint density at radius 2 is 1.74 bits per heavy atom. The van der Waals surface area contributed by atoms with Crippen molar-refractivity contribution in [2.45, 2.75) is 41.5 Å². The number of rotatable bonds is 6. The number of anilines is 1. The predicted octanol–water partition coefficient (Wildman–Crippen LogP) is 3.88. The van der Waals surface area contributed by atoms with Gasteiger partial charge in [-0.05, 0) is 56.5 Å². The zero-order valence-corrected chi connectivity index (χ0v) is 16.6. The van der Waals surface area contributed by atoms with Crippen molar-refractivity contribution in [3.63, 3.8) is 0 Å². The minimum atomic E-state index is -0.659. The third-order valence-corrected chi connectivity index (χ3v) is 4.54. The molecule has 0 bridgehead atoms. The van der Waals surface area contributed by atoms with Gasteiger partial charge in [0.1, 0.15) is 5.69 Å². The summed E-state index contributed by atoms with van der Waals surface area (Å²) < 4.78 is 5.11. The highest BCUT2D eigenvalue weighted by Crippen LogP contribution is 2.22. The number of hydrogen-bond acceptors (Lipinski definition) is 4. The first-order chi connectivity index (χ1) is 12.6. The number of esters is 1. The minimum absolute atomic E-state index is 0.0345. The second kappa shape index (κ2) is 8.20. The van der Waals surface area contributed by atoms with E-state index in [2.05, 4.69) is 10.3 Å². The molecule has 2 rings (SSSR count). The number of hydrogen-bond donors (Lipinski definition) is 2. The number of carbonyl (C=O) groups excluding carboxylic acids is 3. The molecule has 1 aromatic carbocycles. The molecular formula is C21H26N2O4. The summed E-state index contributed by atoms with van der Waals surface area (Å²) in [7, 11) is 0. The molecule has 6 nitrogen and oxygen atoms in total. The van der Waals surface area contributed by atoms with Gasteiger partial charge in [0.2, 0.25) is 0 Å². The molecule has 144 valence electrons. The smallest absolute Gasteiger partial charge is 0.355 e. The summed E-state index contributed by atoms with van der Waals surface area (Å²) >= 11 is 0. The Morgan fingerprint density at radius 1 is 1.07 bits per heavy atom. The normalized spacial score (nSPS) is 10.8. The molecule has 0 fully saturated rings. The minimum Gasteiger partial charge on any atom is -0.451 e. The lowest BCUT2D eigenvalue weighted by atomic mass is 9.98. The highest BCUT2D eigenvalue weighted by atomic mass is 16.5. The van der Waals surface area contributed by atoms with Gasteiger partial charge >= 0.3 is 5.97 Å². The van der Waals surface area contributed by atoms with Gasteiger partial charge in [0.05, 0.1) is 0 Å². The first-order valence-electron chi connectivity index (χ1n) is 8.89. The van der Waals surface area contributed by atoms with Crippen LogP contribution in [0.3, 0.4) is 0 Å². The summed E-state index contributed by atoms with van der Waals surface area (Å²) in [6.45, 7) is 10.6. The van der Waals surface area contributed by atoms with Crippen LogP contribution in [0.2, 0.25) is 0 Å². The number of benzene rings is 1. The van der Waals surface area contributed by atoms with Gasteiger partial charge in [0, 0.05) is 22.9 Å². The Hall–Kier alpha value is -2.89. The standard InChI is InChI=1S/C21H26N2O4/c1-11(2)20(25)18-14(5)19(22-15(18)6)21(26)27-10-17(24)23-16-8-7-12(3)13(4)9-16/h7-9,11,22H,10H2,1-6H3,(H,23,24). The van der Waals surface area contributed by atoms with Crippen LogP contribution in [0.1, 0.15) is 57.1 Å². The molecule has 0 unspecified atom stereocenters. The summed E-state index contributed by atoms with van der Waals surface area (Å²) in [6.07, 6.45) is 0. The van der Waals surface area contributed by atoms with Crippen molar-refractivity contribution in [3.05, 3.63) is 51.8 Å². The second-order valence-electron chi connectivity index (χ2n) is 7.07. The lowest BCUT2D eigenvalue weighted by molar-refractivity contribution is -0.119. The number of H-pyrrole nitrogens is 1. The SMILES string of the molecule is Cc1ccc(NC(=O)COC(=O)c2[nH]c(C)c(C(=O)C(C)C)c2C)cc1C. The van der Waals surface area contributed by atoms with E-state index in [1.165, 1.54) is 0 Å². The average Bonchev–Trinajstić information content (AvgIpc) is 2.89. The van der Waals surface area contributed by atoms with E-state index in [4.69, 9.17) is 4.74 Å². The van der Waals surface area contributed by atoms with Crippen LogP contribution in [0.25, 0.3) is 0 Å². The zero-order valence-electron chi connectivity index (χ0n) is 16.6. The van der Waals surface area contributed by atoms with E-state index >= 15 is 0 Å². The number of ether oxygens (including phenoxy) is 1. The van der Waals surface area contributed by atoms with Crippen molar-refractivity contribution >= 4 is 23.3 Å². The fourth-order valence-electron chi connectivity index (χ4n) is 2.83. The lowest BCUT2D eigenvalue weighted by Gasteiger charge is -2.08. The number of ketones is 1. The van der Waals surface area contributed by atoms with Gasteiger partial charge in [-0.3, -0.25) is 9.59 Å². The molecule has 0 aliphatic rings. The third-order valence-electron chi connectivity index (χ3n) is 4.54. The zero-order chi connectivity index (χ0) is 20.3. The van der Waals surface area contributed by atoms with Crippen LogP contribution in [-0.4, -0.2) is 29.3 Å². The Bertz CT molecular complexity index is 894. The first kappa shape index (κ1) is 20.4. The van der Waals surface area contributed by atoms with Gasteiger partial charge in [0.25, 0.3) is 5.91 Å². The number of aromatic amines is 1. The molecule has 0 radical (unpaired) electrons. The van der Waals surface area contributed by atoms with E-state index in [0.717, 1.165) is 11.1 Å². The fourth-order valence-corrected chi connectivity index (χ4v) is 2.83. The second-order valence-corrected chi connectivity index (χ2v) is 7.07. The fraction of sp³-hybridized carbons (Fsp3) is 0.381. The molecule has 0 aliphatic heterocycles. The highest BCUT2D eigenvalue weighted by Gasteiger charge is 2.24. The largest absolute Gasteiger partial charge is 0.451 e. The molecule has 2 N–H and O–H groups in total. The van der Waals surface area contributed by atoms with Crippen LogP contribution in [-0.2, 0) is 9.53 Å². The number of aromatic nitrogens is 1. The van der Waals surface area contributed by atoms with E-state index < -0.39 is 18.5 Å². The third kappa shape index (κ3) is 4.64. The number of Topliss-reactive ketones (excluding diaryl/α,β-unsaturated/α-hetero) is 1. The number of carbonyl (C=O) groups is 3. The molecule has 1 heterocycles. The molecule has 0 saturated carbocycles. The quantitative estimate of drug-likeness (QED) is 0.596. The van der Waals surface area contributed by atoms with Gasteiger partial charge in [-0.15, -0.1) is 0 Å². The van der Waals surface area contributed by atoms with E-state index in [0.29, 0.717) is 22.5 Å². The van der Waals surface area contributed by atoms with Gasteiger partial charge in [-0.1, -0.05) is 19.9 Å². The maximum Gasteiger partial charge on any atom is 0.355 e. The lowest BCUT2D eigenvalue weighted by Crippen LogP contribution is -2.21. The Morgan fingerprint density at radius 3 is 2.33 bits per heavy atom. The van der Waals surface area contributed by atoms with E-state index in [1.807, 2.05) is 39.8 Å². The van der Waals surface area contributed by atoms with Crippen LogP contribution in [0.5, 0.6) is 0 Å². The monoisotopic (exact) mass is 370 g/mol. The number of amides is 1. The first-order valence-corrected chi connectivity index (χ1v) is 8.89. The van der Waals surface area contributed by atoms with Crippen LogP contribution in [0.15, 0.2) is 18.2 Å². The van der Waals surface area contributed by atoms with Gasteiger partial charge in [-0.25, -0.2) is 4.79 Å². The molecule has 1 aromatic heterocycles. The van der Waals surface area contributed by atoms with Crippen molar-refractivity contribution in [1.29, 1.82) is 0 Å². The van der Waals surface area contributed by atoms with Crippen molar-refractivity contribution in [3.8, 4) is 0 Å². The van der Waals surface area contributed by atoms with Crippen LogP contribution in [0, 0.1) is 33.6 Å². The van der Waals surface area contributed by atoms with E-state index in [-0.39, 0.29) is 17.4 Å². The molecule has 0 saturated heterocycles. The van der Waals surface area contributed by atoms with Gasteiger partial charge in [0.15, 0.2) is 12.4 Å². The Balaban J connectivity index is 2.03. The van der Waals surface area contributed by atoms with E-state index in [1.54, 1.807) is 19.9 Å². The Kier molecular flexibility index (Phi) is 6.20. The maximum atomic E-state index is 12.3. The van der Waals surface area contributed by atoms with Crippen molar-refractivity contribution in [1.82, 2.24) is 4.98 Å². The van der Waals surface area contributed by atoms with E-state index in [9.17, 15) is 14.4 Å². The summed E-state index contributed by atoms with van der Waals surface area (Å²) in [5.41, 5.74) is 4.72. The average molecular weight is 370 g/mol. The van der Waals surface area contributed by atoms with Crippen molar-refractivity contribution in [2.75, 3.05) is 11.9 Å². The molecule has 6 heteroatoms. The highest BCUT2D eigenvalue weighted by molar-refractivity contribution is 6.03. The molecule has 0 aliphatic carbocycles. The summed E-state index contributed by atoms with van der Waals surface area (Å²) in [6, 6.07) is 5.57. The van der Waals surface area contributed by atoms with Gasteiger partial charge in [-0.2, -0.15) is 0 Å². The van der Waals surface area contributed by atoms with Crippen LogP contribution in [0.4, 0.5) is 5.69 Å². The van der Waals surface area contributed by atoms with Gasteiger partial charge < -0.3 is 15.0 Å². The van der Waals surface area contributed by atoms with Crippen molar-refractivity contribution < 1.29 is 19.1 Å². The topological polar surface area (TPSA) is 88.3 Å².